The molecular weight excluding hydrogens is 386 g/mol. The fourth-order valence-electron chi connectivity index (χ4n) is 3.34. The summed E-state index contributed by atoms with van der Waals surface area (Å²) in [6, 6.07) is 11.8. The third-order valence-corrected chi connectivity index (χ3v) is 6.02. The Bertz CT molecular complexity index is 782. The lowest BCUT2D eigenvalue weighted by Gasteiger charge is -2.32. The van der Waals surface area contributed by atoms with Crippen LogP contribution in [0.2, 0.25) is 0 Å². The summed E-state index contributed by atoms with van der Waals surface area (Å²) in [4.78, 5) is 19.7. The highest BCUT2D eigenvalue weighted by molar-refractivity contribution is 7.99. The molecule has 1 unspecified atom stereocenters. The molecule has 1 atom stereocenters. The molecule has 6 nitrogen and oxygen atoms in total. The molecule has 0 bridgehead atoms. The number of methoxy groups -OCH3 is 1. The van der Waals surface area contributed by atoms with Crippen molar-refractivity contribution < 1.29 is 14.3 Å². The van der Waals surface area contributed by atoms with Gasteiger partial charge in [0.05, 0.1) is 7.11 Å². The van der Waals surface area contributed by atoms with Crippen molar-refractivity contribution in [2.24, 2.45) is 0 Å². The standard InChI is InChI=1S/C22H29N3O3S/c1-17(25-12-14-29-15-13-25)8-10-23-21-20(19(27-2)9-11-24-21)22(26)28-16-18-6-4-3-5-7-18/h3-7,9,11,17H,8,10,12-16H2,1-2H3,(H,23,24). The molecule has 3 rings (SSSR count). The van der Waals surface area contributed by atoms with Gasteiger partial charge in [0, 0.05) is 43.4 Å². The van der Waals surface area contributed by atoms with Crippen molar-refractivity contribution in [3.63, 3.8) is 0 Å². The number of thioether (sulfide) groups is 1. The summed E-state index contributed by atoms with van der Waals surface area (Å²) in [5, 5.41) is 3.31. The van der Waals surface area contributed by atoms with Crippen LogP contribution in [-0.2, 0) is 11.3 Å². The molecule has 0 aliphatic carbocycles. The molecule has 0 amide bonds. The first-order valence-electron chi connectivity index (χ1n) is 9.98. The van der Waals surface area contributed by atoms with Crippen LogP contribution in [0.15, 0.2) is 42.6 Å². The van der Waals surface area contributed by atoms with Crippen LogP contribution in [-0.4, -0.2) is 60.1 Å². The molecule has 156 valence electrons. The van der Waals surface area contributed by atoms with E-state index in [0.717, 1.165) is 31.6 Å². The summed E-state index contributed by atoms with van der Waals surface area (Å²) in [6.45, 7) is 5.47. The Morgan fingerprint density at radius 2 is 2.00 bits per heavy atom. The summed E-state index contributed by atoms with van der Waals surface area (Å²) in [5.41, 5.74) is 1.28. The average Bonchev–Trinajstić information content (AvgIpc) is 2.78. The fourth-order valence-corrected chi connectivity index (χ4v) is 4.27. The molecule has 29 heavy (non-hydrogen) atoms. The molecule has 0 radical (unpaired) electrons. The number of pyridine rings is 1. The molecule has 0 spiro atoms. The number of anilines is 1. The summed E-state index contributed by atoms with van der Waals surface area (Å²) in [5.74, 6) is 2.92. The van der Waals surface area contributed by atoms with Gasteiger partial charge in [0.15, 0.2) is 0 Å². The van der Waals surface area contributed by atoms with Gasteiger partial charge in [0.2, 0.25) is 0 Å². The number of esters is 1. The average molecular weight is 416 g/mol. The molecule has 1 N–H and O–H groups in total. The van der Waals surface area contributed by atoms with Gasteiger partial charge in [-0.3, -0.25) is 4.90 Å². The Morgan fingerprint density at radius 3 is 2.72 bits per heavy atom. The third kappa shape index (κ3) is 6.11. The van der Waals surface area contributed by atoms with Crippen molar-refractivity contribution in [2.75, 3.05) is 43.6 Å². The zero-order valence-corrected chi connectivity index (χ0v) is 17.9. The molecule has 2 heterocycles. The second-order valence-electron chi connectivity index (χ2n) is 7.01. The number of benzene rings is 1. The number of carbonyl (C=O) groups is 1. The number of hydrogen-bond acceptors (Lipinski definition) is 7. The first-order chi connectivity index (χ1) is 14.2. The van der Waals surface area contributed by atoms with Crippen molar-refractivity contribution in [2.45, 2.75) is 26.0 Å². The van der Waals surface area contributed by atoms with E-state index in [2.05, 4.69) is 22.1 Å². The van der Waals surface area contributed by atoms with Crippen molar-refractivity contribution in [1.29, 1.82) is 0 Å². The molecule has 1 aromatic heterocycles. The third-order valence-electron chi connectivity index (χ3n) is 5.07. The molecule has 1 saturated heterocycles. The Kier molecular flexibility index (Phi) is 8.19. The Hall–Kier alpha value is -2.25. The molecule has 2 aromatic rings. The predicted molar refractivity (Wildman–Crippen MR) is 118 cm³/mol. The molecule has 1 aromatic carbocycles. The van der Waals surface area contributed by atoms with Gasteiger partial charge in [0.25, 0.3) is 0 Å². The fraction of sp³-hybridized carbons (Fsp3) is 0.455. The maximum Gasteiger partial charge on any atom is 0.346 e. The smallest absolute Gasteiger partial charge is 0.346 e. The predicted octanol–water partition coefficient (Wildman–Crippen LogP) is 3.69. The Morgan fingerprint density at radius 1 is 1.24 bits per heavy atom. The molecule has 7 heteroatoms. The zero-order valence-electron chi connectivity index (χ0n) is 17.1. The molecular formula is C22H29N3O3S. The van der Waals surface area contributed by atoms with Crippen LogP contribution in [0.5, 0.6) is 5.75 Å². The minimum absolute atomic E-state index is 0.209. The monoisotopic (exact) mass is 415 g/mol. The van der Waals surface area contributed by atoms with Gasteiger partial charge in [-0.05, 0) is 25.0 Å². The molecule has 0 saturated carbocycles. The number of aromatic nitrogens is 1. The van der Waals surface area contributed by atoms with Crippen molar-refractivity contribution in [3.8, 4) is 5.75 Å². The number of ether oxygens (including phenoxy) is 2. The van der Waals surface area contributed by atoms with E-state index in [0.29, 0.717) is 23.2 Å². The minimum atomic E-state index is -0.442. The highest BCUT2D eigenvalue weighted by atomic mass is 32.2. The summed E-state index contributed by atoms with van der Waals surface area (Å²) in [7, 11) is 1.55. The van der Waals surface area contributed by atoms with Crippen LogP contribution < -0.4 is 10.1 Å². The van der Waals surface area contributed by atoms with Crippen LogP contribution >= 0.6 is 11.8 Å². The van der Waals surface area contributed by atoms with E-state index in [1.807, 2.05) is 42.1 Å². The van der Waals surface area contributed by atoms with E-state index in [1.54, 1.807) is 19.4 Å². The number of carbonyl (C=O) groups excluding carboxylic acids is 1. The van der Waals surface area contributed by atoms with Crippen LogP contribution in [0.1, 0.15) is 29.3 Å². The van der Waals surface area contributed by atoms with Crippen molar-refractivity contribution in [1.82, 2.24) is 9.88 Å². The minimum Gasteiger partial charge on any atom is -0.496 e. The summed E-state index contributed by atoms with van der Waals surface area (Å²) < 4.78 is 10.9. The van der Waals surface area contributed by atoms with Gasteiger partial charge in [-0.2, -0.15) is 11.8 Å². The van der Waals surface area contributed by atoms with E-state index in [-0.39, 0.29) is 6.61 Å². The lowest BCUT2D eigenvalue weighted by atomic mass is 10.2. The van der Waals surface area contributed by atoms with Gasteiger partial charge in [0.1, 0.15) is 23.7 Å². The number of nitrogens with one attached hydrogen (secondary N) is 1. The largest absolute Gasteiger partial charge is 0.496 e. The van der Waals surface area contributed by atoms with Crippen LogP contribution in [0.3, 0.4) is 0 Å². The first kappa shape index (κ1) is 21.5. The van der Waals surface area contributed by atoms with Gasteiger partial charge in [-0.25, -0.2) is 9.78 Å². The Balaban J connectivity index is 1.61. The van der Waals surface area contributed by atoms with Crippen molar-refractivity contribution >= 4 is 23.5 Å². The number of hydrogen-bond donors (Lipinski definition) is 1. The maximum atomic E-state index is 12.8. The van der Waals surface area contributed by atoms with Gasteiger partial charge in [-0.15, -0.1) is 0 Å². The summed E-state index contributed by atoms with van der Waals surface area (Å²) >= 11 is 2.02. The highest BCUT2D eigenvalue weighted by Crippen LogP contribution is 2.26. The number of nitrogens with zero attached hydrogens (tertiary/aromatic N) is 2. The van der Waals surface area contributed by atoms with Gasteiger partial charge >= 0.3 is 5.97 Å². The van der Waals surface area contributed by atoms with Crippen molar-refractivity contribution in [3.05, 3.63) is 53.7 Å². The maximum absolute atomic E-state index is 12.8. The van der Waals surface area contributed by atoms with E-state index in [1.165, 1.54) is 11.5 Å². The lowest BCUT2D eigenvalue weighted by molar-refractivity contribution is 0.0470. The lowest BCUT2D eigenvalue weighted by Crippen LogP contribution is -2.40. The van der Waals surface area contributed by atoms with Gasteiger partial charge < -0.3 is 14.8 Å². The second kappa shape index (κ2) is 11.1. The molecule has 1 aliphatic heterocycles. The number of rotatable bonds is 9. The van der Waals surface area contributed by atoms with E-state index < -0.39 is 5.97 Å². The van der Waals surface area contributed by atoms with E-state index >= 15 is 0 Å². The quantitative estimate of drug-likeness (QED) is 0.627. The summed E-state index contributed by atoms with van der Waals surface area (Å²) in [6.07, 6.45) is 2.61. The van der Waals surface area contributed by atoms with Crippen LogP contribution in [0, 0.1) is 0 Å². The topological polar surface area (TPSA) is 63.7 Å². The van der Waals surface area contributed by atoms with Crippen LogP contribution in [0.25, 0.3) is 0 Å². The molecule has 1 fully saturated rings. The van der Waals surface area contributed by atoms with Crippen LogP contribution in [0.4, 0.5) is 5.82 Å². The zero-order chi connectivity index (χ0) is 20.5. The van der Waals surface area contributed by atoms with E-state index in [9.17, 15) is 4.79 Å². The first-order valence-corrected chi connectivity index (χ1v) is 11.1. The highest BCUT2D eigenvalue weighted by Gasteiger charge is 2.21. The second-order valence-corrected chi connectivity index (χ2v) is 8.24. The normalized spacial score (nSPS) is 15.5. The molecule has 1 aliphatic rings. The SMILES string of the molecule is COc1ccnc(NCCC(C)N2CCSCC2)c1C(=O)OCc1ccccc1. The Labute approximate surface area is 177 Å². The van der Waals surface area contributed by atoms with E-state index in [4.69, 9.17) is 9.47 Å². The van der Waals surface area contributed by atoms with Gasteiger partial charge in [-0.1, -0.05) is 30.3 Å².